The molecule has 2 N–H and O–H groups in total. The molecule has 1 amide bonds. The van der Waals surface area contributed by atoms with Crippen LogP contribution >= 0.6 is 0 Å². The Bertz CT molecular complexity index is 1090. The van der Waals surface area contributed by atoms with Gasteiger partial charge in [0.1, 0.15) is 28.8 Å². The van der Waals surface area contributed by atoms with E-state index in [0.29, 0.717) is 40.1 Å². The van der Waals surface area contributed by atoms with E-state index < -0.39 is 5.91 Å². The maximum absolute atomic E-state index is 12.6. The SMILES string of the molecule is COc1ccc(Nc2cc(C(=O)Nc3cccc(C#N)c3)nc(C)n2)c(OC)c1. The number of anilines is 3. The molecule has 0 atom stereocenters. The first-order chi connectivity index (χ1) is 14.0. The number of hydrogen-bond acceptors (Lipinski definition) is 7. The molecule has 8 nitrogen and oxygen atoms in total. The minimum Gasteiger partial charge on any atom is -0.497 e. The van der Waals surface area contributed by atoms with E-state index in [1.165, 1.54) is 0 Å². The number of rotatable bonds is 6. The normalized spacial score (nSPS) is 10.0. The van der Waals surface area contributed by atoms with Gasteiger partial charge in [-0.3, -0.25) is 4.79 Å². The molecule has 0 saturated carbocycles. The van der Waals surface area contributed by atoms with Gasteiger partial charge in [0.2, 0.25) is 0 Å². The van der Waals surface area contributed by atoms with Gasteiger partial charge in [-0.15, -0.1) is 0 Å². The third kappa shape index (κ3) is 4.78. The lowest BCUT2D eigenvalue weighted by atomic mass is 10.2. The minimum absolute atomic E-state index is 0.190. The van der Waals surface area contributed by atoms with Crippen LogP contribution in [0.1, 0.15) is 21.9 Å². The fraction of sp³-hybridized carbons (Fsp3) is 0.143. The topological polar surface area (TPSA) is 109 Å². The zero-order valence-electron chi connectivity index (χ0n) is 16.2. The van der Waals surface area contributed by atoms with Crippen molar-refractivity contribution in [3.63, 3.8) is 0 Å². The van der Waals surface area contributed by atoms with E-state index in [0.717, 1.165) is 0 Å². The number of hydrogen-bond donors (Lipinski definition) is 2. The molecule has 1 aromatic heterocycles. The molecule has 0 saturated heterocycles. The number of nitrogens with zero attached hydrogens (tertiary/aromatic N) is 3. The lowest BCUT2D eigenvalue weighted by Crippen LogP contribution is -2.15. The lowest BCUT2D eigenvalue weighted by Gasteiger charge is -2.13. The number of aromatic nitrogens is 2. The van der Waals surface area contributed by atoms with Crippen molar-refractivity contribution in [3.8, 4) is 17.6 Å². The molecule has 2 aromatic carbocycles. The van der Waals surface area contributed by atoms with Gasteiger partial charge in [0.15, 0.2) is 0 Å². The Morgan fingerprint density at radius 3 is 2.62 bits per heavy atom. The van der Waals surface area contributed by atoms with Crippen molar-refractivity contribution in [2.75, 3.05) is 24.9 Å². The standard InChI is InChI=1S/C21H19N5O3/c1-13-23-18(21(27)25-15-6-4-5-14(9-15)12-22)11-20(24-13)26-17-8-7-16(28-2)10-19(17)29-3/h4-11H,1-3H3,(H,25,27)(H,23,24,26). The molecule has 0 radical (unpaired) electrons. The number of methoxy groups -OCH3 is 2. The zero-order valence-corrected chi connectivity index (χ0v) is 16.2. The molecule has 1 heterocycles. The number of carbonyl (C=O) groups excluding carboxylic acids is 1. The number of carbonyl (C=O) groups is 1. The lowest BCUT2D eigenvalue weighted by molar-refractivity contribution is 0.102. The third-order valence-corrected chi connectivity index (χ3v) is 3.99. The maximum Gasteiger partial charge on any atom is 0.274 e. The van der Waals surface area contributed by atoms with Gasteiger partial charge in [-0.2, -0.15) is 5.26 Å². The Morgan fingerprint density at radius 1 is 1.07 bits per heavy atom. The van der Waals surface area contributed by atoms with Gasteiger partial charge in [-0.1, -0.05) is 6.07 Å². The summed E-state index contributed by atoms with van der Waals surface area (Å²) in [6.07, 6.45) is 0. The van der Waals surface area contributed by atoms with Crippen molar-refractivity contribution in [1.29, 1.82) is 5.26 Å². The highest BCUT2D eigenvalue weighted by Crippen LogP contribution is 2.31. The highest BCUT2D eigenvalue weighted by molar-refractivity contribution is 6.03. The second-order valence-corrected chi connectivity index (χ2v) is 6.02. The van der Waals surface area contributed by atoms with E-state index >= 15 is 0 Å². The Hall–Kier alpha value is -4.12. The average molecular weight is 389 g/mol. The number of nitrogens with one attached hydrogen (secondary N) is 2. The molecule has 146 valence electrons. The van der Waals surface area contributed by atoms with Gasteiger partial charge in [-0.05, 0) is 37.3 Å². The summed E-state index contributed by atoms with van der Waals surface area (Å²) in [6, 6.07) is 15.6. The Kier molecular flexibility index (Phi) is 5.90. The van der Waals surface area contributed by atoms with E-state index in [4.69, 9.17) is 14.7 Å². The molecule has 0 aliphatic heterocycles. The van der Waals surface area contributed by atoms with Crippen molar-refractivity contribution < 1.29 is 14.3 Å². The monoisotopic (exact) mass is 389 g/mol. The Labute approximate surface area is 168 Å². The van der Waals surface area contributed by atoms with Crippen molar-refractivity contribution >= 4 is 23.1 Å². The summed E-state index contributed by atoms with van der Waals surface area (Å²) in [6.45, 7) is 1.70. The van der Waals surface area contributed by atoms with Crippen LogP contribution in [0, 0.1) is 18.3 Å². The summed E-state index contributed by atoms with van der Waals surface area (Å²) in [4.78, 5) is 21.2. The number of ether oxygens (including phenoxy) is 2. The van der Waals surface area contributed by atoms with Gasteiger partial charge in [0, 0.05) is 17.8 Å². The molecule has 0 spiro atoms. The minimum atomic E-state index is -0.407. The van der Waals surface area contributed by atoms with Crippen LogP contribution in [0.5, 0.6) is 11.5 Å². The quantitative estimate of drug-likeness (QED) is 0.662. The number of benzene rings is 2. The number of aryl methyl sites for hydroxylation is 1. The van der Waals surface area contributed by atoms with Crippen LogP contribution in [0.2, 0.25) is 0 Å². The van der Waals surface area contributed by atoms with Gasteiger partial charge in [-0.25, -0.2) is 9.97 Å². The average Bonchev–Trinajstić information content (AvgIpc) is 2.73. The summed E-state index contributed by atoms with van der Waals surface area (Å²) in [5.41, 5.74) is 1.82. The van der Waals surface area contributed by atoms with E-state index in [2.05, 4.69) is 20.6 Å². The third-order valence-electron chi connectivity index (χ3n) is 3.99. The van der Waals surface area contributed by atoms with Crippen LogP contribution < -0.4 is 20.1 Å². The van der Waals surface area contributed by atoms with Crippen LogP contribution in [0.4, 0.5) is 17.2 Å². The van der Waals surface area contributed by atoms with Crippen LogP contribution in [0.3, 0.4) is 0 Å². The van der Waals surface area contributed by atoms with Crippen molar-refractivity contribution in [2.24, 2.45) is 0 Å². The molecule has 0 bridgehead atoms. The summed E-state index contributed by atoms with van der Waals surface area (Å²) in [5, 5.41) is 14.9. The summed E-state index contributed by atoms with van der Waals surface area (Å²) >= 11 is 0. The van der Waals surface area contributed by atoms with E-state index in [-0.39, 0.29) is 5.69 Å². The van der Waals surface area contributed by atoms with Crippen LogP contribution in [-0.4, -0.2) is 30.1 Å². The first kappa shape index (κ1) is 19.6. The Morgan fingerprint density at radius 2 is 1.90 bits per heavy atom. The molecule has 3 rings (SSSR count). The predicted octanol–water partition coefficient (Wildman–Crippen LogP) is 3.67. The van der Waals surface area contributed by atoms with Gasteiger partial charge in [0.05, 0.1) is 31.5 Å². The second-order valence-electron chi connectivity index (χ2n) is 6.02. The first-order valence-corrected chi connectivity index (χ1v) is 8.68. The molecular weight excluding hydrogens is 370 g/mol. The molecule has 0 unspecified atom stereocenters. The number of nitriles is 1. The molecule has 8 heteroatoms. The van der Waals surface area contributed by atoms with Crippen molar-refractivity contribution in [2.45, 2.75) is 6.92 Å². The van der Waals surface area contributed by atoms with Crippen LogP contribution in [0.15, 0.2) is 48.5 Å². The van der Waals surface area contributed by atoms with E-state index in [9.17, 15) is 4.79 Å². The highest BCUT2D eigenvalue weighted by atomic mass is 16.5. The number of amides is 1. The van der Waals surface area contributed by atoms with Crippen LogP contribution in [-0.2, 0) is 0 Å². The van der Waals surface area contributed by atoms with Crippen molar-refractivity contribution in [3.05, 3.63) is 65.6 Å². The van der Waals surface area contributed by atoms with Gasteiger partial charge >= 0.3 is 0 Å². The fourth-order valence-corrected chi connectivity index (χ4v) is 2.65. The molecule has 0 aliphatic carbocycles. The summed E-state index contributed by atoms with van der Waals surface area (Å²) in [7, 11) is 3.13. The van der Waals surface area contributed by atoms with Crippen LogP contribution in [0.25, 0.3) is 0 Å². The fourth-order valence-electron chi connectivity index (χ4n) is 2.65. The summed E-state index contributed by atoms with van der Waals surface area (Å²) < 4.78 is 10.6. The smallest absolute Gasteiger partial charge is 0.274 e. The van der Waals surface area contributed by atoms with Gasteiger partial charge in [0.25, 0.3) is 5.91 Å². The second kappa shape index (κ2) is 8.71. The molecule has 0 fully saturated rings. The predicted molar refractivity (Wildman–Crippen MR) is 109 cm³/mol. The first-order valence-electron chi connectivity index (χ1n) is 8.68. The largest absolute Gasteiger partial charge is 0.497 e. The Balaban J connectivity index is 1.84. The molecule has 3 aromatic rings. The molecule has 0 aliphatic rings. The van der Waals surface area contributed by atoms with Crippen molar-refractivity contribution in [1.82, 2.24) is 9.97 Å². The zero-order chi connectivity index (χ0) is 20.8. The van der Waals surface area contributed by atoms with E-state index in [1.54, 1.807) is 69.7 Å². The summed E-state index contributed by atoms with van der Waals surface area (Å²) in [5.74, 6) is 1.69. The van der Waals surface area contributed by atoms with E-state index in [1.807, 2.05) is 6.07 Å². The molecular formula is C21H19N5O3. The maximum atomic E-state index is 12.6. The highest BCUT2D eigenvalue weighted by Gasteiger charge is 2.13. The molecule has 29 heavy (non-hydrogen) atoms. The van der Waals surface area contributed by atoms with Gasteiger partial charge < -0.3 is 20.1 Å².